The summed E-state index contributed by atoms with van der Waals surface area (Å²) in [7, 11) is 1.16. The van der Waals surface area contributed by atoms with Gasteiger partial charge in [0.1, 0.15) is 11.5 Å². The van der Waals surface area contributed by atoms with Crippen molar-refractivity contribution < 1.29 is 22.7 Å². The van der Waals surface area contributed by atoms with Crippen LogP contribution >= 0.6 is 0 Å². The first kappa shape index (κ1) is 16.4. The van der Waals surface area contributed by atoms with Crippen LogP contribution in [0.15, 0.2) is 24.9 Å². The lowest BCUT2D eigenvalue weighted by atomic mass is 10.1. The number of nitrogens with two attached hydrogens (primary N) is 1. The van der Waals surface area contributed by atoms with E-state index in [1.54, 1.807) is 0 Å². The molecule has 0 atom stereocenters. The number of anilines is 1. The Labute approximate surface area is 128 Å². The molecule has 0 aliphatic rings. The maximum atomic E-state index is 12.5. The molecule has 0 saturated carbocycles. The number of hydrogen-bond donors (Lipinski definition) is 1. The summed E-state index contributed by atoms with van der Waals surface area (Å²) < 4.78 is 42.1. The van der Waals surface area contributed by atoms with Gasteiger partial charge in [-0.2, -0.15) is 13.2 Å². The highest BCUT2D eigenvalue weighted by Crippen LogP contribution is 2.29. The molecule has 23 heavy (non-hydrogen) atoms. The van der Waals surface area contributed by atoms with Gasteiger partial charge in [0.25, 0.3) is 0 Å². The fraction of sp³-hybridized carbons (Fsp3) is 0.143. The Morgan fingerprint density at radius 1 is 1.35 bits per heavy atom. The van der Waals surface area contributed by atoms with E-state index in [1.807, 2.05) is 0 Å². The summed E-state index contributed by atoms with van der Waals surface area (Å²) in [4.78, 5) is 23.0. The van der Waals surface area contributed by atoms with Crippen molar-refractivity contribution >= 4 is 17.9 Å². The van der Waals surface area contributed by atoms with Crippen LogP contribution in [-0.2, 0) is 10.9 Å². The van der Waals surface area contributed by atoms with E-state index in [1.165, 1.54) is 6.08 Å². The third kappa shape index (κ3) is 3.28. The van der Waals surface area contributed by atoms with E-state index in [9.17, 15) is 18.0 Å². The molecule has 0 saturated heterocycles. The quantitative estimate of drug-likeness (QED) is 0.873. The van der Waals surface area contributed by atoms with Gasteiger partial charge < -0.3 is 10.5 Å². The van der Waals surface area contributed by atoms with Crippen LogP contribution < -0.4 is 5.73 Å². The second kappa shape index (κ2) is 6.03. The minimum Gasteiger partial charge on any atom is -0.464 e. The average molecular weight is 324 g/mol. The summed E-state index contributed by atoms with van der Waals surface area (Å²) in [6.45, 7) is 3.51. The van der Waals surface area contributed by atoms with Crippen LogP contribution in [0.25, 0.3) is 17.5 Å². The summed E-state index contributed by atoms with van der Waals surface area (Å²) in [6.07, 6.45) is -2.31. The molecule has 0 aliphatic carbocycles. The van der Waals surface area contributed by atoms with Crippen LogP contribution in [0.5, 0.6) is 0 Å². The van der Waals surface area contributed by atoms with Crippen LogP contribution in [0.1, 0.15) is 21.7 Å². The molecule has 2 N–H and O–H groups in total. The number of methoxy groups -OCH3 is 1. The van der Waals surface area contributed by atoms with Crippen molar-refractivity contribution in [2.75, 3.05) is 12.8 Å². The van der Waals surface area contributed by atoms with Gasteiger partial charge in [-0.25, -0.2) is 14.8 Å². The monoisotopic (exact) mass is 324 g/mol. The highest BCUT2D eigenvalue weighted by Gasteiger charge is 2.32. The largest absolute Gasteiger partial charge is 0.464 e. The van der Waals surface area contributed by atoms with Gasteiger partial charge >= 0.3 is 12.1 Å². The molecule has 120 valence electrons. The Morgan fingerprint density at radius 2 is 2.04 bits per heavy atom. The van der Waals surface area contributed by atoms with Gasteiger partial charge in [0.15, 0.2) is 11.5 Å². The number of alkyl halides is 3. The lowest BCUT2D eigenvalue weighted by molar-refractivity contribution is -0.141. The number of carbonyl (C=O) groups is 1. The smallest absolute Gasteiger partial charge is 0.433 e. The Morgan fingerprint density at radius 3 is 2.52 bits per heavy atom. The van der Waals surface area contributed by atoms with Gasteiger partial charge in [0, 0.05) is 17.3 Å². The number of esters is 1. The number of hydrogen-bond acceptors (Lipinski definition) is 6. The zero-order valence-corrected chi connectivity index (χ0v) is 11.9. The minimum atomic E-state index is -4.55. The Kier molecular flexibility index (Phi) is 4.30. The summed E-state index contributed by atoms with van der Waals surface area (Å²) >= 11 is 0. The van der Waals surface area contributed by atoms with Crippen LogP contribution in [0.2, 0.25) is 0 Å². The summed E-state index contributed by atoms with van der Waals surface area (Å²) in [6, 6.07) is 1.92. The molecule has 0 aromatic carbocycles. The first-order valence-corrected chi connectivity index (χ1v) is 6.19. The highest BCUT2D eigenvalue weighted by atomic mass is 19.4. The average Bonchev–Trinajstić information content (AvgIpc) is 2.52. The maximum absolute atomic E-state index is 12.5. The van der Waals surface area contributed by atoms with Gasteiger partial charge in [0.05, 0.1) is 7.11 Å². The van der Waals surface area contributed by atoms with Gasteiger partial charge in [0.2, 0.25) is 0 Å². The topological polar surface area (TPSA) is 91.0 Å². The maximum Gasteiger partial charge on any atom is 0.433 e. The molecule has 9 heteroatoms. The molecule has 0 fully saturated rings. The van der Waals surface area contributed by atoms with Crippen molar-refractivity contribution in [3.8, 4) is 11.4 Å². The number of ether oxygens (including phenoxy) is 1. The normalized spacial score (nSPS) is 11.1. The molecule has 2 aromatic heterocycles. The molecule has 2 heterocycles. The SMILES string of the molecule is C=Cc1c(N)nc(-c2ccc(C(F)(F)F)nc2)nc1C(=O)OC. The molecule has 0 aliphatic heterocycles. The Hall–Kier alpha value is -2.97. The second-order valence-electron chi connectivity index (χ2n) is 4.32. The van der Waals surface area contributed by atoms with Crippen molar-refractivity contribution in [2.24, 2.45) is 0 Å². The number of rotatable bonds is 3. The molecule has 2 aromatic rings. The van der Waals surface area contributed by atoms with Crippen molar-refractivity contribution in [2.45, 2.75) is 6.18 Å². The van der Waals surface area contributed by atoms with Crippen molar-refractivity contribution in [1.82, 2.24) is 15.0 Å². The third-order valence-corrected chi connectivity index (χ3v) is 2.87. The molecule has 0 radical (unpaired) electrons. The molecular formula is C14H11F3N4O2. The summed E-state index contributed by atoms with van der Waals surface area (Å²) in [5.74, 6) is -0.866. The van der Waals surface area contributed by atoms with E-state index >= 15 is 0 Å². The molecule has 0 unspecified atom stereocenters. The first-order valence-electron chi connectivity index (χ1n) is 6.19. The van der Waals surface area contributed by atoms with Crippen LogP contribution in [0, 0.1) is 0 Å². The zero-order valence-electron chi connectivity index (χ0n) is 11.9. The molecule has 2 rings (SSSR count). The standard InChI is InChI=1S/C14H11F3N4O2/c1-3-8-10(13(22)23-2)20-12(21-11(8)18)7-4-5-9(19-6-7)14(15,16)17/h3-6H,1H2,2H3,(H2,18,20,21). The van der Waals surface area contributed by atoms with Crippen LogP contribution in [-0.4, -0.2) is 28.0 Å². The molecule has 0 bridgehead atoms. The highest BCUT2D eigenvalue weighted by molar-refractivity contribution is 5.93. The molecular weight excluding hydrogens is 313 g/mol. The molecule has 0 spiro atoms. The predicted molar refractivity (Wildman–Crippen MR) is 76.1 cm³/mol. The number of carbonyl (C=O) groups excluding carboxylic acids is 1. The van der Waals surface area contributed by atoms with E-state index in [4.69, 9.17) is 5.73 Å². The van der Waals surface area contributed by atoms with Crippen LogP contribution in [0.3, 0.4) is 0 Å². The lowest BCUT2D eigenvalue weighted by Gasteiger charge is -2.10. The van der Waals surface area contributed by atoms with Crippen molar-refractivity contribution in [3.63, 3.8) is 0 Å². The van der Waals surface area contributed by atoms with Crippen molar-refractivity contribution in [3.05, 3.63) is 41.9 Å². The zero-order chi connectivity index (χ0) is 17.2. The molecule has 0 amide bonds. The number of aromatic nitrogens is 3. The fourth-order valence-electron chi connectivity index (χ4n) is 1.76. The first-order chi connectivity index (χ1) is 10.8. The van der Waals surface area contributed by atoms with Gasteiger partial charge in [-0.1, -0.05) is 12.7 Å². The summed E-state index contributed by atoms with van der Waals surface area (Å²) in [5.41, 5.74) is 4.90. The van der Waals surface area contributed by atoms with Crippen molar-refractivity contribution in [1.29, 1.82) is 0 Å². The van der Waals surface area contributed by atoms with E-state index < -0.39 is 17.8 Å². The Balaban J connectivity index is 2.54. The minimum absolute atomic E-state index is 0.0466. The number of nitrogen functional groups attached to an aromatic ring is 1. The predicted octanol–water partition coefficient (Wildman–Crippen LogP) is 2.57. The Bertz CT molecular complexity index is 758. The van der Waals surface area contributed by atoms with Gasteiger partial charge in [-0.15, -0.1) is 0 Å². The number of halogens is 3. The van der Waals surface area contributed by atoms with E-state index in [0.29, 0.717) is 0 Å². The van der Waals surface area contributed by atoms with Crippen LogP contribution in [0.4, 0.5) is 19.0 Å². The fourth-order valence-corrected chi connectivity index (χ4v) is 1.76. The van der Waals surface area contributed by atoms with E-state index in [2.05, 4.69) is 26.3 Å². The van der Waals surface area contributed by atoms with E-state index in [0.717, 1.165) is 25.4 Å². The molecule has 6 nitrogen and oxygen atoms in total. The van der Waals surface area contributed by atoms with Gasteiger partial charge in [-0.05, 0) is 12.1 Å². The lowest BCUT2D eigenvalue weighted by Crippen LogP contribution is -2.12. The number of pyridine rings is 1. The number of nitrogens with zero attached hydrogens (tertiary/aromatic N) is 3. The second-order valence-corrected chi connectivity index (χ2v) is 4.32. The summed E-state index contributed by atoms with van der Waals surface area (Å²) in [5, 5.41) is 0. The third-order valence-electron chi connectivity index (χ3n) is 2.87. The van der Waals surface area contributed by atoms with E-state index in [-0.39, 0.29) is 28.5 Å². The van der Waals surface area contributed by atoms with Gasteiger partial charge in [-0.3, -0.25) is 4.98 Å².